The van der Waals surface area contributed by atoms with Gasteiger partial charge >= 0.3 is 0 Å². The second kappa shape index (κ2) is 2.07. The zero-order valence-electron chi connectivity index (χ0n) is 3.96. The summed E-state index contributed by atoms with van der Waals surface area (Å²) in [5.74, 6) is 0. The predicted octanol–water partition coefficient (Wildman–Crippen LogP) is 0.178. The molecule has 1 heterocycles. The first kappa shape index (κ1) is 4.78. The first-order valence-electron chi connectivity index (χ1n) is 2.33. The summed E-state index contributed by atoms with van der Waals surface area (Å²) in [5.41, 5.74) is 0. The molecule has 1 unspecified atom stereocenters. The van der Waals surface area contributed by atoms with E-state index in [1.165, 1.54) is 0 Å². The van der Waals surface area contributed by atoms with E-state index in [9.17, 15) is 4.79 Å². The van der Waals surface area contributed by atoms with E-state index in [4.69, 9.17) is 4.74 Å². The van der Waals surface area contributed by atoms with Crippen LogP contribution in [0.1, 0.15) is 6.42 Å². The van der Waals surface area contributed by atoms with Crippen LogP contribution in [0.4, 0.5) is 0 Å². The van der Waals surface area contributed by atoms with Gasteiger partial charge in [-0.15, -0.1) is 0 Å². The maximum atomic E-state index is 9.85. The van der Waals surface area contributed by atoms with E-state index < -0.39 is 0 Å². The number of aldehydes is 1. The van der Waals surface area contributed by atoms with Crippen LogP contribution in [0.25, 0.3) is 0 Å². The van der Waals surface area contributed by atoms with Crippen molar-refractivity contribution in [3.8, 4) is 0 Å². The number of hydrogen-bond donors (Lipinski definition) is 0. The molecule has 2 nitrogen and oxygen atoms in total. The minimum Gasteiger partial charge on any atom is -0.370 e. The lowest BCUT2D eigenvalue weighted by Gasteiger charge is -1.92. The fourth-order valence-electron chi connectivity index (χ4n) is 0.599. The number of carbonyl (C=O) groups excluding carboxylic acids is 1. The fourth-order valence-corrected chi connectivity index (χ4v) is 0.599. The molecule has 0 aromatic carbocycles. The third-order valence-electron chi connectivity index (χ3n) is 0.961. The molecule has 0 spiro atoms. The van der Waals surface area contributed by atoms with Gasteiger partial charge in [-0.3, -0.25) is 0 Å². The Balaban J connectivity index is 2.26. The highest BCUT2D eigenvalue weighted by Gasteiger charge is 2.12. The molecule has 0 aromatic heterocycles. The summed E-state index contributed by atoms with van der Waals surface area (Å²) in [5, 5.41) is 0. The van der Waals surface area contributed by atoms with E-state index >= 15 is 0 Å². The van der Waals surface area contributed by atoms with Gasteiger partial charge in [0, 0.05) is 6.61 Å². The lowest BCUT2D eigenvalue weighted by molar-refractivity contribution is -0.114. The summed E-state index contributed by atoms with van der Waals surface area (Å²) >= 11 is 0. The normalized spacial score (nSPS) is 30.6. The van der Waals surface area contributed by atoms with Gasteiger partial charge in [-0.2, -0.15) is 0 Å². The second-order valence-corrected chi connectivity index (χ2v) is 1.50. The number of ether oxygens (including phenoxy) is 1. The highest BCUT2D eigenvalue weighted by molar-refractivity contribution is 5.58. The summed E-state index contributed by atoms with van der Waals surface area (Å²) in [6, 6.07) is 0. The molecule has 1 fully saturated rings. The molecule has 1 aliphatic heterocycles. The minimum atomic E-state index is -0.208. The molecule has 0 amide bonds. The summed E-state index contributed by atoms with van der Waals surface area (Å²) in [6.07, 6.45) is 3.39. The maximum absolute atomic E-state index is 9.85. The number of rotatable bonds is 1. The third-order valence-corrected chi connectivity index (χ3v) is 0.961. The Hall–Kier alpha value is -0.370. The van der Waals surface area contributed by atoms with Crippen LogP contribution in [0.15, 0.2) is 0 Å². The van der Waals surface area contributed by atoms with Gasteiger partial charge in [-0.05, 0) is 12.8 Å². The van der Waals surface area contributed by atoms with Gasteiger partial charge in [0.2, 0.25) is 0 Å². The average Bonchev–Trinajstić information content (AvgIpc) is 2.14. The molecule has 2 heteroatoms. The van der Waals surface area contributed by atoms with Crippen LogP contribution in [-0.2, 0) is 9.53 Å². The van der Waals surface area contributed by atoms with E-state index in [1.807, 2.05) is 6.42 Å². The van der Waals surface area contributed by atoms with Crippen LogP contribution in [0.5, 0.6) is 0 Å². The molecule has 1 aliphatic rings. The smallest absolute Gasteiger partial charge is 0.149 e. The van der Waals surface area contributed by atoms with Gasteiger partial charge in [-0.25, -0.2) is 0 Å². The lowest BCUT2D eigenvalue weighted by atomic mass is 10.3. The van der Waals surface area contributed by atoms with E-state index in [-0.39, 0.29) is 6.10 Å². The fraction of sp³-hybridized carbons (Fsp3) is 0.600. The molecule has 1 atom stereocenters. The second-order valence-electron chi connectivity index (χ2n) is 1.50. The molecule has 39 valence electrons. The van der Waals surface area contributed by atoms with E-state index in [0.717, 1.165) is 12.7 Å². The van der Waals surface area contributed by atoms with Crippen LogP contribution in [0.2, 0.25) is 0 Å². The Bertz CT molecular complexity index is 64.5. The molecule has 0 N–H and O–H groups in total. The van der Waals surface area contributed by atoms with Crippen molar-refractivity contribution in [1.82, 2.24) is 0 Å². The summed E-state index contributed by atoms with van der Waals surface area (Å²) in [4.78, 5) is 9.85. The summed E-state index contributed by atoms with van der Waals surface area (Å²) in [7, 11) is 0. The van der Waals surface area contributed by atoms with E-state index in [2.05, 4.69) is 0 Å². The van der Waals surface area contributed by atoms with Crippen LogP contribution < -0.4 is 0 Å². The molecule has 1 saturated heterocycles. The predicted molar refractivity (Wildman–Crippen MR) is 24.7 cm³/mol. The van der Waals surface area contributed by atoms with Crippen LogP contribution in [-0.4, -0.2) is 19.0 Å². The topological polar surface area (TPSA) is 26.3 Å². The van der Waals surface area contributed by atoms with Gasteiger partial charge in [0.25, 0.3) is 0 Å². The SMILES string of the molecule is O=CC1[CH]CCO1. The molecule has 1 rings (SSSR count). The Morgan fingerprint density at radius 3 is 3.00 bits per heavy atom. The van der Waals surface area contributed by atoms with Crippen LogP contribution in [0.3, 0.4) is 0 Å². The van der Waals surface area contributed by atoms with Gasteiger partial charge in [0.1, 0.15) is 12.4 Å². The van der Waals surface area contributed by atoms with Crippen molar-refractivity contribution in [3.63, 3.8) is 0 Å². The third kappa shape index (κ3) is 0.996. The summed E-state index contributed by atoms with van der Waals surface area (Å²) < 4.78 is 4.88. The van der Waals surface area contributed by atoms with Gasteiger partial charge in [0.15, 0.2) is 0 Å². The Kier molecular flexibility index (Phi) is 1.42. The van der Waals surface area contributed by atoms with Crippen molar-refractivity contribution >= 4 is 6.29 Å². The van der Waals surface area contributed by atoms with Crippen molar-refractivity contribution in [2.75, 3.05) is 6.61 Å². The van der Waals surface area contributed by atoms with E-state index in [1.54, 1.807) is 0 Å². The molecule has 7 heavy (non-hydrogen) atoms. The molecule has 1 radical (unpaired) electrons. The molecule has 0 aliphatic carbocycles. The van der Waals surface area contributed by atoms with E-state index in [0.29, 0.717) is 6.61 Å². The Morgan fingerprint density at radius 1 is 1.86 bits per heavy atom. The molecule has 0 saturated carbocycles. The first-order chi connectivity index (χ1) is 3.43. The van der Waals surface area contributed by atoms with Crippen molar-refractivity contribution in [3.05, 3.63) is 6.42 Å². The monoisotopic (exact) mass is 99.0 g/mol. The number of hydrogen-bond acceptors (Lipinski definition) is 2. The van der Waals surface area contributed by atoms with Crippen molar-refractivity contribution in [1.29, 1.82) is 0 Å². The van der Waals surface area contributed by atoms with Gasteiger partial charge < -0.3 is 9.53 Å². The van der Waals surface area contributed by atoms with Crippen molar-refractivity contribution in [2.45, 2.75) is 12.5 Å². The highest BCUT2D eigenvalue weighted by Crippen LogP contribution is 2.06. The van der Waals surface area contributed by atoms with Crippen LogP contribution in [0, 0.1) is 6.42 Å². The first-order valence-corrected chi connectivity index (χ1v) is 2.33. The Morgan fingerprint density at radius 2 is 2.71 bits per heavy atom. The highest BCUT2D eigenvalue weighted by atomic mass is 16.5. The quantitative estimate of drug-likeness (QED) is 0.438. The number of carbonyl (C=O) groups is 1. The summed E-state index contributed by atoms with van der Waals surface area (Å²) in [6.45, 7) is 0.712. The standard InChI is InChI=1S/C5H7O2/c6-4-5-2-1-3-7-5/h2,4-5H,1,3H2. The Labute approximate surface area is 42.5 Å². The van der Waals surface area contributed by atoms with Crippen molar-refractivity contribution < 1.29 is 9.53 Å². The van der Waals surface area contributed by atoms with Gasteiger partial charge in [-0.1, -0.05) is 0 Å². The lowest BCUT2D eigenvalue weighted by Crippen LogP contribution is -2.04. The molecular weight excluding hydrogens is 92.1 g/mol. The zero-order valence-corrected chi connectivity index (χ0v) is 3.96. The molecule has 0 aromatic rings. The maximum Gasteiger partial charge on any atom is 0.149 e. The molecule has 0 bridgehead atoms. The van der Waals surface area contributed by atoms with Crippen molar-refractivity contribution in [2.24, 2.45) is 0 Å². The largest absolute Gasteiger partial charge is 0.370 e. The van der Waals surface area contributed by atoms with Crippen LogP contribution >= 0.6 is 0 Å². The van der Waals surface area contributed by atoms with Gasteiger partial charge in [0.05, 0.1) is 0 Å². The zero-order chi connectivity index (χ0) is 5.11. The average molecular weight is 99.1 g/mol. The molecular formula is C5H7O2. The minimum absolute atomic E-state index is 0.208.